The SMILES string of the molecule is CC(=O)N[C@@H](Cc1ccc(OP(=O)(OC(C)(C)C)OC(C)(C)C)cc1)C(=O)N[C@H](C(=O)N[C@H](C)C(=O)NCCC1CCCCC1)C(C)C. The molecule has 0 aliphatic heterocycles. The highest BCUT2D eigenvalue weighted by Crippen LogP contribution is 2.55. The molecule has 0 aromatic heterocycles. The van der Waals surface area contributed by atoms with Crippen molar-refractivity contribution >= 4 is 31.5 Å². The molecule has 1 aliphatic carbocycles. The van der Waals surface area contributed by atoms with E-state index >= 15 is 0 Å². The number of phosphoric ester groups is 1. The molecule has 12 nitrogen and oxygen atoms in total. The Bertz CT molecular complexity index is 1250. The zero-order valence-corrected chi connectivity index (χ0v) is 31.5. The smallest absolute Gasteiger partial charge is 0.404 e. The predicted octanol–water partition coefficient (Wildman–Crippen LogP) is 5.58. The molecule has 1 aromatic rings. The van der Waals surface area contributed by atoms with E-state index in [1.54, 1.807) is 86.6 Å². The van der Waals surface area contributed by atoms with Gasteiger partial charge in [-0.3, -0.25) is 28.2 Å². The summed E-state index contributed by atoms with van der Waals surface area (Å²) in [4.78, 5) is 51.4. The van der Waals surface area contributed by atoms with Gasteiger partial charge < -0.3 is 25.8 Å². The maximum atomic E-state index is 13.5. The Morgan fingerprint density at radius 2 is 1.38 bits per heavy atom. The molecule has 1 aromatic carbocycles. The first-order valence-electron chi connectivity index (χ1n) is 17.1. The number of phosphoric acid groups is 1. The summed E-state index contributed by atoms with van der Waals surface area (Å²) >= 11 is 0. The lowest BCUT2D eigenvalue weighted by Crippen LogP contribution is -2.58. The summed E-state index contributed by atoms with van der Waals surface area (Å²) in [5.41, 5.74) is -0.935. The van der Waals surface area contributed by atoms with Gasteiger partial charge >= 0.3 is 7.82 Å². The first-order valence-corrected chi connectivity index (χ1v) is 18.6. The van der Waals surface area contributed by atoms with Gasteiger partial charge in [0.25, 0.3) is 0 Å². The third kappa shape index (κ3) is 15.5. The van der Waals surface area contributed by atoms with Gasteiger partial charge in [-0.15, -0.1) is 0 Å². The second kappa shape index (κ2) is 18.2. The van der Waals surface area contributed by atoms with Gasteiger partial charge in [0.15, 0.2) is 0 Å². The van der Waals surface area contributed by atoms with Crippen LogP contribution in [0.5, 0.6) is 5.75 Å². The monoisotopic (exact) mass is 694 g/mol. The minimum atomic E-state index is -4.01. The lowest BCUT2D eigenvalue weighted by Gasteiger charge is -2.30. The van der Waals surface area contributed by atoms with Crippen LogP contribution in [0.15, 0.2) is 24.3 Å². The van der Waals surface area contributed by atoms with Crippen molar-refractivity contribution in [2.45, 2.75) is 144 Å². The molecule has 1 aliphatic rings. The lowest BCUT2D eigenvalue weighted by molar-refractivity contribution is -0.134. The fourth-order valence-corrected chi connectivity index (χ4v) is 7.25. The van der Waals surface area contributed by atoms with Crippen LogP contribution in [0.4, 0.5) is 0 Å². The van der Waals surface area contributed by atoms with Crippen molar-refractivity contribution in [3.8, 4) is 5.75 Å². The third-order valence-corrected chi connectivity index (χ3v) is 9.60. The fraction of sp³-hybridized carbons (Fsp3) is 0.714. The number of amides is 4. The van der Waals surface area contributed by atoms with E-state index in [4.69, 9.17) is 13.6 Å². The van der Waals surface area contributed by atoms with Gasteiger partial charge in [0, 0.05) is 19.9 Å². The highest BCUT2D eigenvalue weighted by Gasteiger charge is 2.39. The first kappa shape index (κ1) is 41.2. The van der Waals surface area contributed by atoms with Crippen molar-refractivity contribution < 1.29 is 37.3 Å². The van der Waals surface area contributed by atoms with Gasteiger partial charge in [-0.25, -0.2) is 4.57 Å². The lowest BCUT2D eigenvalue weighted by atomic mass is 9.87. The molecule has 0 saturated heterocycles. The summed E-state index contributed by atoms with van der Waals surface area (Å²) in [6, 6.07) is 3.79. The van der Waals surface area contributed by atoms with Crippen LogP contribution in [-0.4, -0.2) is 59.5 Å². The molecule has 0 unspecified atom stereocenters. The fourth-order valence-electron chi connectivity index (χ4n) is 5.42. The van der Waals surface area contributed by atoms with Gasteiger partial charge in [-0.1, -0.05) is 58.1 Å². The van der Waals surface area contributed by atoms with Crippen molar-refractivity contribution in [1.82, 2.24) is 21.3 Å². The van der Waals surface area contributed by atoms with E-state index in [1.165, 1.54) is 39.0 Å². The number of rotatable bonds is 16. The van der Waals surface area contributed by atoms with Crippen molar-refractivity contribution in [2.24, 2.45) is 11.8 Å². The van der Waals surface area contributed by atoms with E-state index in [1.807, 2.05) is 0 Å². The minimum Gasteiger partial charge on any atom is -0.404 e. The summed E-state index contributed by atoms with van der Waals surface area (Å²) in [7, 11) is -4.01. The van der Waals surface area contributed by atoms with Crippen LogP contribution in [0.1, 0.15) is 113 Å². The Morgan fingerprint density at radius 3 is 1.88 bits per heavy atom. The topological polar surface area (TPSA) is 161 Å². The van der Waals surface area contributed by atoms with Gasteiger partial charge in [0.1, 0.15) is 23.9 Å². The maximum absolute atomic E-state index is 13.5. The van der Waals surface area contributed by atoms with Crippen molar-refractivity contribution in [3.05, 3.63) is 29.8 Å². The van der Waals surface area contributed by atoms with Crippen LogP contribution in [0, 0.1) is 11.8 Å². The van der Waals surface area contributed by atoms with Crippen LogP contribution in [0.2, 0.25) is 0 Å². The summed E-state index contributed by atoms with van der Waals surface area (Å²) in [5, 5.41) is 11.1. The Kier molecular flexibility index (Phi) is 15.6. The van der Waals surface area contributed by atoms with E-state index in [9.17, 15) is 23.7 Å². The van der Waals surface area contributed by atoms with E-state index in [-0.39, 0.29) is 24.0 Å². The number of nitrogens with one attached hydrogen (secondary N) is 4. The molecule has 0 bridgehead atoms. The average Bonchev–Trinajstić information content (AvgIpc) is 2.94. The Morgan fingerprint density at radius 1 is 0.812 bits per heavy atom. The normalized spacial score (nSPS) is 16.4. The Labute approximate surface area is 287 Å². The number of hydrogen-bond acceptors (Lipinski definition) is 8. The van der Waals surface area contributed by atoms with E-state index in [2.05, 4.69) is 21.3 Å². The summed E-state index contributed by atoms with van der Waals surface area (Å²) in [6.07, 6.45) is 7.18. The largest absolute Gasteiger partial charge is 0.531 e. The first-order chi connectivity index (χ1) is 22.2. The van der Waals surface area contributed by atoms with E-state index in [0.717, 1.165) is 6.42 Å². The van der Waals surface area contributed by atoms with Crippen LogP contribution in [0.25, 0.3) is 0 Å². The molecule has 0 spiro atoms. The van der Waals surface area contributed by atoms with Gasteiger partial charge in [-0.05, 0) is 84.4 Å². The molecule has 3 atom stereocenters. The van der Waals surface area contributed by atoms with Crippen LogP contribution in [0.3, 0.4) is 0 Å². The van der Waals surface area contributed by atoms with E-state index < -0.39 is 54.9 Å². The van der Waals surface area contributed by atoms with E-state index in [0.29, 0.717) is 18.0 Å². The quantitative estimate of drug-likeness (QED) is 0.163. The summed E-state index contributed by atoms with van der Waals surface area (Å²) < 4.78 is 30.6. The summed E-state index contributed by atoms with van der Waals surface area (Å²) in [6.45, 7) is 17.5. The van der Waals surface area contributed by atoms with Crippen molar-refractivity contribution in [1.29, 1.82) is 0 Å². The molecular weight excluding hydrogens is 635 g/mol. The highest BCUT2D eigenvalue weighted by atomic mass is 31.2. The number of carbonyl (C=O) groups excluding carboxylic acids is 4. The Hall–Kier alpha value is -2.95. The molecule has 1 fully saturated rings. The average molecular weight is 695 g/mol. The molecule has 0 heterocycles. The second-order valence-electron chi connectivity index (χ2n) is 15.1. The maximum Gasteiger partial charge on any atom is 0.531 e. The molecule has 4 N–H and O–H groups in total. The molecule has 13 heteroatoms. The molecule has 272 valence electrons. The van der Waals surface area contributed by atoms with Gasteiger partial charge in [-0.2, -0.15) is 0 Å². The standard InChI is InChI=1S/C35H59N4O8P/c1-23(2)30(33(43)37-24(3)31(41)36-21-20-26-14-12-11-13-15-26)39-32(42)29(38-25(4)40)22-27-16-18-28(19-17-27)45-48(44,46-34(5,6)7)47-35(8,9)10/h16-19,23-24,26,29-30H,11-15,20-22H2,1-10H3,(H,36,41)(H,37,43)(H,38,40)(H,39,42)/t24-,29+,30+/m1/s1. The zero-order chi connectivity index (χ0) is 36.3. The van der Waals surface area contributed by atoms with Crippen molar-refractivity contribution in [2.75, 3.05) is 6.54 Å². The van der Waals surface area contributed by atoms with Gasteiger partial charge in [0.2, 0.25) is 23.6 Å². The van der Waals surface area contributed by atoms with Crippen LogP contribution < -0.4 is 25.8 Å². The predicted molar refractivity (Wildman–Crippen MR) is 186 cm³/mol. The molecule has 4 amide bonds. The summed E-state index contributed by atoms with van der Waals surface area (Å²) in [5.74, 6) is -1.17. The van der Waals surface area contributed by atoms with Crippen LogP contribution >= 0.6 is 7.82 Å². The minimum absolute atomic E-state index is 0.104. The highest BCUT2D eigenvalue weighted by molar-refractivity contribution is 7.49. The van der Waals surface area contributed by atoms with Crippen molar-refractivity contribution in [3.63, 3.8) is 0 Å². The number of benzene rings is 1. The Balaban J connectivity index is 2.06. The molecule has 1 saturated carbocycles. The molecule has 0 radical (unpaired) electrons. The van der Waals surface area contributed by atoms with Crippen LogP contribution in [-0.2, 0) is 39.2 Å². The molecule has 48 heavy (non-hydrogen) atoms. The van der Waals surface area contributed by atoms with Gasteiger partial charge in [0.05, 0.1) is 11.2 Å². The zero-order valence-electron chi connectivity index (χ0n) is 30.6. The second-order valence-corrected chi connectivity index (χ2v) is 16.5. The third-order valence-electron chi connectivity index (χ3n) is 7.62. The molecule has 2 rings (SSSR count). The number of carbonyl (C=O) groups is 4. The number of hydrogen-bond donors (Lipinski definition) is 4. The molecular formula is C35H59N4O8P.